The highest BCUT2D eigenvalue weighted by Crippen LogP contribution is 2.39. The van der Waals surface area contributed by atoms with Gasteiger partial charge in [-0.15, -0.1) is 0 Å². The van der Waals surface area contributed by atoms with Crippen molar-refractivity contribution in [3.05, 3.63) is 0 Å². The van der Waals surface area contributed by atoms with E-state index in [9.17, 15) is 4.79 Å². The van der Waals surface area contributed by atoms with Crippen LogP contribution in [0, 0.1) is 0 Å². The minimum Gasteiger partial charge on any atom is -0.462 e. The van der Waals surface area contributed by atoms with Crippen molar-refractivity contribution in [2.75, 3.05) is 6.61 Å². The summed E-state index contributed by atoms with van der Waals surface area (Å²) in [5.41, 5.74) is 11.3. The molecule has 0 aromatic carbocycles. The molecular formula is C21H48N2O4Si2. The van der Waals surface area contributed by atoms with Crippen LogP contribution >= 0.6 is 0 Å². The van der Waals surface area contributed by atoms with Gasteiger partial charge in [-0.25, -0.2) is 4.79 Å². The van der Waals surface area contributed by atoms with Gasteiger partial charge < -0.3 is 25.1 Å². The Morgan fingerprint density at radius 2 is 1.24 bits per heavy atom. The van der Waals surface area contributed by atoms with Gasteiger partial charge in [-0.2, -0.15) is 0 Å². The molecule has 0 aliphatic rings. The number of hydrogen-bond donors (Lipinski definition) is 2. The maximum atomic E-state index is 12.7. The van der Waals surface area contributed by atoms with Crippen LogP contribution in [0.5, 0.6) is 0 Å². The zero-order valence-corrected chi connectivity index (χ0v) is 23.2. The number of nitrogens with two attached hydrogens (primary N) is 2. The summed E-state index contributed by atoms with van der Waals surface area (Å²) in [5.74, 6) is -0.501. The number of hydrogen-bond acceptors (Lipinski definition) is 6. The highest BCUT2D eigenvalue weighted by Gasteiger charge is 2.45. The lowest BCUT2D eigenvalue weighted by Crippen LogP contribution is -2.59. The van der Waals surface area contributed by atoms with E-state index in [-0.39, 0.29) is 22.8 Å². The fraction of sp³-hybridized carbons (Fsp3) is 0.952. The normalized spacial score (nSPS) is 19.3. The molecule has 0 amide bonds. The Hall–Kier alpha value is -0.256. The molecule has 4 unspecified atom stereocenters. The van der Waals surface area contributed by atoms with Gasteiger partial charge in [0, 0.05) is 0 Å². The molecule has 0 aliphatic carbocycles. The Balaban J connectivity index is 4.94. The predicted molar refractivity (Wildman–Crippen MR) is 127 cm³/mol. The van der Waals surface area contributed by atoms with E-state index in [1.54, 1.807) is 6.92 Å². The van der Waals surface area contributed by atoms with Crippen molar-refractivity contribution < 1.29 is 18.4 Å². The number of carbonyl (C=O) groups excluding carboxylic acids is 1. The van der Waals surface area contributed by atoms with E-state index >= 15 is 0 Å². The maximum Gasteiger partial charge on any atom is 0.328 e. The molecule has 0 fully saturated rings. The summed E-state index contributed by atoms with van der Waals surface area (Å²) in [6.45, 7) is 27.1. The standard InChI is InChI=1S/C21H48N2O4Si2/c1-15(26-28(10,11)19(3,4)5)17(22)14-25-18(24)21(9,23)16(2)27-29(12,13)20(6,7)8/h15-17H,14,22-23H2,1-13H3. The molecule has 0 radical (unpaired) electrons. The van der Waals surface area contributed by atoms with Crippen molar-refractivity contribution in [1.82, 2.24) is 0 Å². The molecule has 0 bridgehead atoms. The second kappa shape index (κ2) is 9.48. The molecule has 4 N–H and O–H groups in total. The van der Waals surface area contributed by atoms with Crippen LogP contribution < -0.4 is 11.5 Å². The third-order valence-corrected chi connectivity index (χ3v) is 16.0. The summed E-state index contributed by atoms with van der Waals surface area (Å²) in [6, 6.07) is -0.416. The van der Waals surface area contributed by atoms with Crippen molar-refractivity contribution in [2.45, 2.75) is 122 Å². The van der Waals surface area contributed by atoms with E-state index in [1.807, 2.05) is 13.8 Å². The van der Waals surface area contributed by atoms with Gasteiger partial charge in [-0.3, -0.25) is 0 Å². The first kappa shape index (κ1) is 28.7. The van der Waals surface area contributed by atoms with Gasteiger partial charge in [0.2, 0.25) is 0 Å². The average molecular weight is 449 g/mol. The van der Waals surface area contributed by atoms with Crippen LogP contribution in [0.4, 0.5) is 0 Å². The van der Waals surface area contributed by atoms with E-state index in [0.29, 0.717) is 0 Å². The second-order valence-electron chi connectivity index (χ2n) is 11.6. The van der Waals surface area contributed by atoms with Crippen molar-refractivity contribution in [1.29, 1.82) is 0 Å². The van der Waals surface area contributed by atoms with Crippen molar-refractivity contribution in [2.24, 2.45) is 11.5 Å². The molecule has 0 aromatic rings. The first-order valence-electron chi connectivity index (χ1n) is 10.6. The van der Waals surface area contributed by atoms with Gasteiger partial charge >= 0.3 is 5.97 Å². The van der Waals surface area contributed by atoms with E-state index in [0.717, 1.165) is 0 Å². The lowest BCUT2D eigenvalue weighted by Gasteiger charge is -2.42. The van der Waals surface area contributed by atoms with Crippen LogP contribution in [-0.4, -0.2) is 53.0 Å². The summed E-state index contributed by atoms with van der Waals surface area (Å²) in [4.78, 5) is 12.7. The van der Waals surface area contributed by atoms with Gasteiger partial charge in [-0.1, -0.05) is 41.5 Å². The average Bonchev–Trinajstić information content (AvgIpc) is 2.48. The Morgan fingerprint density at radius 3 is 1.62 bits per heavy atom. The van der Waals surface area contributed by atoms with E-state index in [1.165, 1.54) is 0 Å². The monoisotopic (exact) mass is 448 g/mol. The second-order valence-corrected chi connectivity index (χ2v) is 21.2. The van der Waals surface area contributed by atoms with Gasteiger partial charge in [0.05, 0.1) is 18.2 Å². The Kier molecular flexibility index (Phi) is 9.40. The summed E-state index contributed by atoms with van der Waals surface area (Å²) < 4.78 is 18.1. The number of esters is 1. The van der Waals surface area contributed by atoms with Crippen LogP contribution in [0.2, 0.25) is 36.3 Å². The topological polar surface area (TPSA) is 96.8 Å². The Bertz CT molecular complexity index is 552. The highest BCUT2D eigenvalue weighted by molar-refractivity contribution is 6.74. The summed E-state index contributed by atoms with van der Waals surface area (Å²) >= 11 is 0. The maximum absolute atomic E-state index is 12.7. The molecule has 4 atom stereocenters. The van der Waals surface area contributed by atoms with Crippen molar-refractivity contribution in [3.8, 4) is 0 Å². The molecule has 29 heavy (non-hydrogen) atoms. The summed E-state index contributed by atoms with van der Waals surface area (Å²) in [5, 5.41) is 0.115. The third kappa shape index (κ3) is 7.74. The molecular weight excluding hydrogens is 400 g/mol. The first-order valence-corrected chi connectivity index (χ1v) is 16.5. The quantitative estimate of drug-likeness (QED) is 0.401. The lowest BCUT2D eigenvalue weighted by atomic mass is 9.98. The fourth-order valence-corrected chi connectivity index (χ4v) is 5.04. The number of ether oxygens (including phenoxy) is 1. The van der Waals surface area contributed by atoms with E-state index in [2.05, 4.69) is 67.7 Å². The zero-order chi connectivity index (χ0) is 23.6. The van der Waals surface area contributed by atoms with Crippen LogP contribution in [0.3, 0.4) is 0 Å². The molecule has 0 spiro atoms. The van der Waals surface area contributed by atoms with Crippen molar-refractivity contribution >= 4 is 22.6 Å². The van der Waals surface area contributed by atoms with Crippen LogP contribution in [0.25, 0.3) is 0 Å². The zero-order valence-electron chi connectivity index (χ0n) is 21.2. The molecule has 0 saturated carbocycles. The minimum absolute atomic E-state index is 0.0279. The highest BCUT2D eigenvalue weighted by atomic mass is 28.4. The molecule has 6 nitrogen and oxygen atoms in total. The van der Waals surface area contributed by atoms with Crippen LogP contribution in [0.1, 0.15) is 62.3 Å². The van der Waals surface area contributed by atoms with E-state index in [4.69, 9.17) is 25.1 Å². The molecule has 174 valence electrons. The fourth-order valence-electron chi connectivity index (χ4n) is 2.10. The SMILES string of the molecule is CC(O[Si](C)(C)C(C)(C)C)C(N)COC(=O)C(C)(N)C(C)O[Si](C)(C)C(C)(C)C. The number of carbonyl (C=O) groups is 1. The summed E-state index contributed by atoms with van der Waals surface area (Å²) in [7, 11) is -4.01. The van der Waals surface area contributed by atoms with Gasteiger partial charge in [-0.05, 0) is 57.0 Å². The van der Waals surface area contributed by atoms with E-state index < -0.39 is 40.3 Å². The smallest absolute Gasteiger partial charge is 0.328 e. The molecule has 0 heterocycles. The van der Waals surface area contributed by atoms with Gasteiger partial charge in [0.15, 0.2) is 16.6 Å². The Morgan fingerprint density at radius 1 is 0.862 bits per heavy atom. The Labute approximate surface area is 181 Å². The van der Waals surface area contributed by atoms with Crippen LogP contribution in [-0.2, 0) is 18.4 Å². The molecule has 0 rings (SSSR count). The third-order valence-electron chi connectivity index (χ3n) is 6.86. The molecule has 0 saturated heterocycles. The number of rotatable bonds is 9. The largest absolute Gasteiger partial charge is 0.462 e. The lowest BCUT2D eigenvalue weighted by molar-refractivity contribution is -0.154. The van der Waals surface area contributed by atoms with Crippen molar-refractivity contribution in [3.63, 3.8) is 0 Å². The minimum atomic E-state index is -2.06. The molecule has 8 heteroatoms. The molecule has 0 aliphatic heterocycles. The summed E-state index contributed by atoms with van der Waals surface area (Å²) in [6.07, 6.45) is -0.679. The predicted octanol–water partition coefficient (Wildman–Crippen LogP) is 4.39. The van der Waals surface area contributed by atoms with Gasteiger partial charge in [0.25, 0.3) is 0 Å². The first-order chi connectivity index (χ1) is 12.6. The van der Waals surface area contributed by atoms with Gasteiger partial charge in [0.1, 0.15) is 12.1 Å². The molecule has 0 aromatic heterocycles. The van der Waals surface area contributed by atoms with Crippen LogP contribution in [0.15, 0.2) is 0 Å².